The molecule has 7 nitrogen and oxygen atoms in total. The Morgan fingerprint density at radius 3 is 2.48 bits per heavy atom. The lowest BCUT2D eigenvalue weighted by atomic mass is 10.1. The molecule has 0 aliphatic heterocycles. The maximum absolute atomic E-state index is 13.8. The van der Waals surface area contributed by atoms with Crippen LogP contribution in [0.4, 0.5) is 28.0 Å². The zero-order valence-electron chi connectivity index (χ0n) is 16.7. The largest absolute Gasteiger partial charge is 0.573 e. The Kier molecular flexibility index (Phi) is 7.67. The molecule has 0 fully saturated rings. The Balaban J connectivity index is 1.97. The van der Waals surface area contributed by atoms with Gasteiger partial charge in [0.25, 0.3) is 0 Å². The first kappa shape index (κ1) is 23.8. The first-order valence-electron chi connectivity index (χ1n) is 8.83. The predicted octanol–water partition coefficient (Wildman–Crippen LogP) is 4.84. The van der Waals surface area contributed by atoms with Crippen molar-refractivity contribution < 1.29 is 46.1 Å². The van der Waals surface area contributed by atoms with Crippen LogP contribution in [0.15, 0.2) is 36.4 Å². The van der Waals surface area contributed by atoms with Gasteiger partial charge in [-0.05, 0) is 43.7 Å². The monoisotopic (exact) mass is 445 g/mol. The summed E-state index contributed by atoms with van der Waals surface area (Å²) in [6.45, 7) is 2.81. The number of methoxy groups -OCH3 is 1. The van der Waals surface area contributed by atoms with Crippen LogP contribution in [0, 0.1) is 12.7 Å². The molecule has 0 aromatic heterocycles. The van der Waals surface area contributed by atoms with E-state index in [2.05, 4.69) is 14.8 Å². The molecule has 1 N–H and O–H groups in total. The molecule has 31 heavy (non-hydrogen) atoms. The summed E-state index contributed by atoms with van der Waals surface area (Å²) < 4.78 is 69.2. The van der Waals surface area contributed by atoms with Crippen molar-refractivity contribution >= 4 is 17.7 Å². The third-order valence-electron chi connectivity index (χ3n) is 3.74. The molecule has 0 spiro atoms. The van der Waals surface area contributed by atoms with E-state index >= 15 is 0 Å². The van der Waals surface area contributed by atoms with Gasteiger partial charge in [-0.1, -0.05) is 6.07 Å². The van der Waals surface area contributed by atoms with Crippen LogP contribution in [0.1, 0.15) is 22.8 Å². The molecule has 2 aromatic rings. The van der Waals surface area contributed by atoms with Crippen molar-refractivity contribution in [2.45, 2.75) is 26.3 Å². The summed E-state index contributed by atoms with van der Waals surface area (Å²) in [5, 5.41) is 2.41. The molecule has 0 aliphatic rings. The average Bonchev–Trinajstić information content (AvgIpc) is 2.66. The smallest absolute Gasteiger partial charge is 0.487 e. The van der Waals surface area contributed by atoms with E-state index in [0.717, 1.165) is 23.8 Å². The van der Waals surface area contributed by atoms with Crippen molar-refractivity contribution in [1.82, 2.24) is 0 Å². The van der Waals surface area contributed by atoms with Crippen LogP contribution in [0.25, 0.3) is 0 Å². The van der Waals surface area contributed by atoms with E-state index in [9.17, 15) is 27.2 Å². The van der Waals surface area contributed by atoms with Gasteiger partial charge in [0, 0.05) is 6.07 Å². The van der Waals surface area contributed by atoms with E-state index in [1.807, 2.05) is 0 Å². The molecule has 168 valence electrons. The lowest BCUT2D eigenvalue weighted by Gasteiger charge is -2.17. The second-order valence-electron chi connectivity index (χ2n) is 6.33. The predicted molar refractivity (Wildman–Crippen MR) is 101 cm³/mol. The quantitative estimate of drug-likeness (QED) is 0.485. The van der Waals surface area contributed by atoms with Crippen molar-refractivity contribution in [3.63, 3.8) is 0 Å². The van der Waals surface area contributed by atoms with Gasteiger partial charge in [0.2, 0.25) is 0 Å². The highest BCUT2D eigenvalue weighted by Gasteiger charge is 2.31. The highest BCUT2D eigenvalue weighted by atomic mass is 19.4. The minimum absolute atomic E-state index is 0.109. The van der Waals surface area contributed by atoms with Gasteiger partial charge in [0.1, 0.15) is 18.5 Å². The van der Waals surface area contributed by atoms with E-state index in [-0.39, 0.29) is 17.9 Å². The minimum Gasteiger partial charge on any atom is -0.487 e. The summed E-state index contributed by atoms with van der Waals surface area (Å²) in [5.74, 6) is -2.76. The van der Waals surface area contributed by atoms with Crippen LogP contribution in [-0.2, 0) is 9.47 Å². The normalized spacial score (nSPS) is 12.0. The Labute approximate surface area is 174 Å². The Bertz CT molecular complexity index is 948. The van der Waals surface area contributed by atoms with Gasteiger partial charge in [-0.25, -0.2) is 14.0 Å². The number of hydrogen-bond acceptors (Lipinski definition) is 6. The van der Waals surface area contributed by atoms with Gasteiger partial charge in [-0.15, -0.1) is 13.2 Å². The Morgan fingerprint density at radius 2 is 1.84 bits per heavy atom. The number of amides is 1. The zero-order valence-corrected chi connectivity index (χ0v) is 16.7. The molecule has 0 saturated carbocycles. The van der Waals surface area contributed by atoms with Crippen molar-refractivity contribution in [3.8, 4) is 11.5 Å². The number of benzene rings is 2. The van der Waals surface area contributed by atoms with Crippen LogP contribution in [0.5, 0.6) is 11.5 Å². The highest BCUT2D eigenvalue weighted by Crippen LogP contribution is 2.28. The molecule has 1 unspecified atom stereocenters. The molecule has 0 aliphatic carbocycles. The summed E-state index contributed by atoms with van der Waals surface area (Å²) in [7, 11) is 1.19. The third-order valence-corrected chi connectivity index (χ3v) is 3.74. The van der Waals surface area contributed by atoms with Crippen molar-refractivity contribution in [2.24, 2.45) is 0 Å². The number of alkyl halides is 3. The number of ether oxygens (including phenoxy) is 4. The molecule has 2 rings (SSSR count). The summed E-state index contributed by atoms with van der Waals surface area (Å²) >= 11 is 0. The molecule has 0 radical (unpaired) electrons. The Hall–Kier alpha value is -3.50. The summed E-state index contributed by atoms with van der Waals surface area (Å²) in [6, 6.07) is 6.94. The van der Waals surface area contributed by atoms with Gasteiger partial charge in [0.15, 0.2) is 11.6 Å². The van der Waals surface area contributed by atoms with E-state index in [4.69, 9.17) is 9.47 Å². The van der Waals surface area contributed by atoms with Crippen molar-refractivity contribution in [3.05, 3.63) is 53.3 Å². The number of carbonyl (C=O) groups excluding carboxylic acids is 2. The minimum atomic E-state index is -4.94. The number of anilines is 1. The molecule has 11 heteroatoms. The second-order valence-corrected chi connectivity index (χ2v) is 6.33. The fourth-order valence-corrected chi connectivity index (χ4v) is 2.40. The van der Waals surface area contributed by atoms with Crippen LogP contribution >= 0.6 is 0 Å². The number of esters is 1. The first-order chi connectivity index (χ1) is 14.5. The third kappa shape index (κ3) is 7.36. The van der Waals surface area contributed by atoms with E-state index in [1.165, 1.54) is 26.2 Å². The van der Waals surface area contributed by atoms with E-state index < -0.39 is 41.8 Å². The van der Waals surface area contributed by atoms with Crippen LogP contribution in [0.2, 0.25) is 0 Å². The highest BCUT2D eigenvalue weighted by molar-refractivity contribution is 5.99. The first-order valence-corrected chi connectivity index (χ1v) is 8.83. The lowest BCUT2D eigenvalue weighted by molar-refractivity contribution is -0.274. The molecule has 2 aromatic carbocycles. The van der Waals surface area contributed by atoms with Crippen molar-refractivity contribution in [2.75, 3.05) is 19.0 Å². The molecular weight excluding hydrogens is 426 g/mol. The maximum atomic E-state index is 13.8. The SMILES string of the molecule is COC(=O)c1ccc(C)cc1NC(=O)OC(C)COc1cc(OC(F)(F)F)ccc1F. The van der Waals surface area contributed by atoms with Gasteiger partial charge in [-0.3, -0.25) is 5.32 Å². The number of halogens is 4. The number of aryl methyl sites for hydroxylation is 1. The topological polar surface area (TPSA) is 83.1 Å². The molecule has 0 heterocycles. The van der Waals surface area contributed by atoms with Gasteiger partial charge in [-0.2, -0.15) is 0 Å². The molecule has 1 atom stereocenters. The van der Waals surface area contributed by atoms with Crippen LogP contribution in [0.3, 0.4) is 0 Å². The fourth-order valence-electron chi connectivity index (χ4n) is 2.40. The van der Waals surface area contributed by atoms with Crippen LogP contribution in [-0.4, -0.2) is 38.2 Å². The molecule has 1 amide bonds. The van der Waals surface area contributed by atoms with E-state index in [0.29, 0.717) is 0 Å². The number of nitrogens with one attached hydrogen (secondary N) is 1. The second kappa shape index (κ2) is 10.0. The average molecular weight is 445 g/mol. The fraction of sp³-hybridized carbons (Fsp3) is 0.300. The zero-order chi connectivity index (χ0) is 23.2. The summed E-state index contributed by atoms with van der Waals surface area (Å²) in [4.78, 5) is 23.9. The molecule has 0 saturated heterocycles. The van der Waals surface area contributed by atoms with Gasteiger partial charge in [0.05, 0.1) is 18.4 Å². The standard InChI is InChI=1S/C20H19F4NO6/c1-11-4-6-14(18(26)28-3)16(8-11)25-19(27)30-12(2)10-29-17-9-13(5-7-15(17)21)31-20(22,23)24/h4-9,12H,10H2,1-3H3,(H,25,27). The van der Waals surface area contributed by atoms with Gasteiger partial charge >= 0.3 is 18.4 Å². The Morgan fingerprint density at radius 1 is 1.13 bits per heavy atom. The summed E-state index contributed by atoms with van der Waals surface area (Å²) in [5.41, 5.74) is 1.03. The number of carbonyl (C=O) groups is 2. The number of rotatable bonds is 7. The number of hydrogen-bond donors (Lipinski definition) is 1. The summed E-state index contributed by atoms with van der Waals surface area (Å²) in [6.07, 6.45) is -6.79. The maximum Gasteiger partial charge on any atom is 0.573 e. The van der Waals surface area contributed by atoms with Gasteiger partial charge < -0.3 is 18.9 Å². The van der Waals surface area contributed by atoms with E-state index in [1.54, 1.807) is 13.0 Å². The lowest BCUT2D eigenvalue weighted by Crippen LogP contribution is -2.26. The molecular formula is C20H19F4NO6. The van der Waals surface area contributed by atoms with Crippen molar-refractivity contribution in [1.29, 1.82) is 0 Å². The van der Waals surface area contributed by atoms with Crippen LogP contribution < -0.4 is 14.8 Å². The molecule has 0 bridgehead atoms.